The standard InChI is InChI=1S/C37H60N2O3S/c1-5-7-9-10-11-12-13-14-15-16-17-18-19-20-21-22-27-38-37(40)42-32-25-23-24-31-34(32)30(3)36(41-4)35(33-26-29-43-33)39(31)28-8-6-2/h23-25,33H,5-22,26-29H2,1-4H3/p+1. The predicted molar refractivity (Wildman–Crippen MR) is 184 cm³/mol. The minimum atomic E-state index is -0.370. The van der Waals surface area contributed by atoms with Crippen molar-refractivity contribution < 1.29 is 18.8 Å². The highest BCUT2D eigenvalue weighted by molar-refractivity contribution is 8.00. The number of methoxy groups -OCH3 is 1. The third-order valence-corrected chi connectivity index (χ3v) is 10.3. The highest BCUT2D eigenvalue weighted by atomic mass is 32.2. The normalized spacial score (nSPS) is 14.6. The lowest BCUT2D eigenvalue weighted by molar-refractivity contribution is -0.679. The fourth-order valence-corrected chi connectivity index (χ4v) is 7.21. The number of aryl methyl sites for hydroxylation is 2. The third-order valence-electron chi connectivity index (χ3n) is 8.98. The van der Waals surface area contributed by atoms with Crippen molar-refractivity contribution >= 4 is 28.8 Å². The number of hydrogen-bond donors (Lipinski definition) is 1. The number of benzene rings is 1. The maximum Gasteiger partial charge on any atom is 0.412 e. The number of nitrogens with one attached hydrogen (secondary N) is 1. The maximum absolute atomic E-state index is 12.8. The topological polar surface area (TPSA) is 51.4 Å². The van der Waals surface area contributed by atoms with Gasteiger partial charge in [0.25, 0.3) is 0 Å². The molecule has 1 unspecified atom stereocenters. The van der Waals surface area contributed by atoms with E-state index < -0.39 is 0 Å². The highest BCUT2D eigenvalue weighted by Gasteiger charge is 2.36. The molecule has 1 aromatic carbocycles. The van der Waals surface area contributed by atoms with E-state index in [0.717, 1.165) is 54.4 Å². The summed E-state index contributed by atoms with van der Waals surface area (Å²) in [6.45, 7) is 8.20. The van der Waals surface area contributed by atoms with Crippen LogP contribution in [0.2, 0.25) is 0 Å². The van der Waals surface area contributed by atoms with Crippen molar-refractivity contribution in [3.05, 3.63) is 29.5 Å². The Morgan fingerprint density at radius 1 is 0.860 bits per heavy atom. The summed E-state index contributed by atoms with van der Waals surface area (Å²) in [7, 11) is 1.76. The fraction of sp³-hybridized carbons (Fsp3) is 0.730. The Kier molecular flexibility index (Phi) is 17.3. The lowest BCUT2D eigenvalue weighted by Crippen LogP contribution is -2.42. The van der Waals surface area contributed by atoms with Crippen molar-refractivity contribution in [1.29, 1.82) is 0 Å². The van der Waals surface area contributed by atoms with E-state index in [1.165, 1.54) is 108 Å². The number of unbranched alkanes of at least 4 members (excludes halogenated alkanes) is 16. The van der Waals surface area contributed by atoms with Crippen molar-refractivity contribution in [3.63, 3.8) is 0 Å². The van der Waals surface area contributed by atoms with E-state index in [0.29, 0.717) is 17.5 Å². The highest BCUT2D eigenvalue weighted by Crippen LogP contribution is 2.47. The van der Waals surface area contributed by atoms with E-state index in [4.69, 9.17) is 9.47 Å². The van der Waals surface area contributed by atoms with Gasteiger partial charge >= 0.3 is 6.09 Å². The van der Waals surface area contributed by atoms with Gasteiger partial charge in [0.05, 0.1) is 17.7 Å². The molecule has 242 valence electrons. The number of fused-ring (bicyclic) bond motifs is 1. The average molecular weight is 614 g/mol. The fourth-order valence-electron chi connectivity index (χ4n) is 6.35. The van der Waals surface area contributed by atoms with Crippen LogP contribution in [0.25, 0.3) is 10.9 Å². The zero-order valence-electron chi connectivity index (χ0n) is 27.9. The number of rotatable bonds is 23. The van der Waals surface area contributed by atoms with Gasteiger partial charge in [-0.15, -0.1) is 11.8 Å². The van der Waals surface area contributed by atoms with E-state index in [-0.39, 0.29) is 6.09 Å². The largest absolute Gasteiger partial charge is 0.490 e. The van der Waals surface area contributed by atoms with Crippen LogP contribution in [0.15, 0.2) is 18.2 Å². The van der Waals surface area contributed by atoms with Gasteiger partial charge in [-0.1, -0.05) is 123 Å². The summed E-state index contributed by atoms with van der Waals surface area (Å²) in [5.74, 6) is 2.74. The molecule has 2 aromatic rings. The summed E-state index contributed by atoms with van der Waals surface area (Å²) in [6.07, 6.45) is 24.6. The Hall–Kier alpha value is -1.95. The molecule has 6 heteroatoms. The van der Waals surface area contributed by atoms with Gasteiger partial charge in [-0.05, 0) is 31.6 Å². The van der Waals surface area contributed by atoms with Crippen molar-refractivity contribution in [3.8, 4) is 11.5 Å². The van der Waals surface area contributed by atoms with E-state index >= 15 is 0 Å². The molecule has 0 spiro atoms. The molecule has 1 atom stereocenters. The molecule has 0 radical (unpaired) electrons. The van der Waals surface area contributed by atoms with Crippen LogP contribution < -0.4 is 19.4 Å². The summed E-state index contributed by atoms with van der Waals surface area (Å²) in [4.78, 5) is 12.8. The van der Waals surface area contributed by atoms with Crippen LogP contribution in [0.5, 0.6) is 11.5 Å². The average Bonchev–Trinajstić information content (AvgIpc) is 2.98. The molecule has 1 aliphatic rings. The van der Waals surface area contributed by atoms with Gasteiger partial charge < -0.3 is 14.8 Å². The minimum absolute atomic E-state index is 0.370. The zero-order valence-corrected chi connectivity index (χ0v) is 28.8. The Balaban J connectivity index is 1.37. The monoisotopic (exact) mass is 613 g/mol. The Bertz CT molecular complexity index is 1090. The Morgan fingerprint density at radius 2 is 1.42 bits per heavy atom. The van der Waals surface area contributed by atoms with Gasteiger partial charge in [-0.3, -0.25) is 0 Å². The molecule has 0 bridgehead atoms. The lowest BCUT2D eigenvalue weighted by Gasteiger charge is -2.26. The van der Waals surface area contributed by atoms with Crippen molar-refractivity contribution in [2.24, 2.45) is 0 Å². The molecule has 0 aliphatic carbocycles. The van der Waals surface area contributed by atoms with Gasteiger partial charge in [0.1, 0.15) is 12.3 Å². The molecule has 2 heterocycles. The molecule has 0 saturated carbocycles. The molecular weight excluding hydrogens is 552 g/mol. The van der Waals surface area contributed by atoms with Gasteiger partial charge in [0.2, 0.25) is 11.2 Å². The summed E-state index contributed by atoms with van der Waals surface area (Å²) in [5, 5.41) is 4.42. The van der Waals surface area contributed by atoms with Crippen LogP contribution in [-0.2, 0) is 6.54 Å². The van der Waals surface area contributed by atoms with Crippen LogP contribution in [0.3, 0.4) is 0 Å². The number of carbonyl (C=O) groups excluding carboxylic acids is 1. The zero-order chi connectivity index (χ0) is 30.7. The Morgan fingerprint density at radius 3 is 1.93 bits per heavy atom. The van der Waals surface area contributed by atoms with E-state index in [1.807, 2.05) is 23.9 Å². The third kappa shape index (κ3) is 11.5. The molecule has 1 saturated heterocycles. The number of amides is 1. The first-order valence-electron chi connectivity index (χ1n) is 17.7. The molecule has 43 heavy (non-hydrogen) atoms. The quantitative estimate of drug-likeness (QED) is 0.100. The molecule has 1 aliphatic heterocycles. The molecule has 1 aromatic heterocycles. The van der Waals surface area contributed by atoms with E-state index in [2.05, 4.69) is 36.7 Å². The first kappa shape index (κ1) is 35.5. The second-order valence-corrected chi connectivity index (χ2v) is 13.8. The molecule has 1 fully saturated rings. The minimum Gasteiger partial charge on any atom is -0.490 e. The van der Waals surface area contributed by atoms with Crippen LogP contribution >= 0.6 is 11.8 Å². The second kappa shape index (κ2) is 20.9. The second-order valence-electron chi connectivity index (χ2n) is 12.5. The summed E-state index contributed by atoms with van der Waals surface area (Å²) < 4.78 is 14.3. The van der Waals surface area contributed by atoms with Crippen LogP contribution in [0.1, 0.15) is 152 Å². The number of carbonyl (C=O) groups is 1. The van der Waals surface area contributed by atoms with E-state index in [9.17, 15) is 4.79 Å². The van der Waals surface area contributed by atoms with Gasteiger partial charge in [0, 0.05) is 24.6 Å². The van der Waals surface area contributed by atoms with Crippen LogP contribution in [0.4, 0.5) is 4.79 Å². The summed E-state index contributed by atoms with van der Waals surface area (Å²) in [6, 6.07) is 6.07. The lowest BCUT2D eigenvalue weighted by atomic mass is 10.0. The molecule has 3 rings (SSSR count). The van der Waals surface area contributed by atoms with E-state index in [1.54, 1.807) is 7.11 Å². The molecule has 5 nitrogen and oxygen atoms in total. The Labute approximate surface area is 267 Å². The van der Waals surface area contributed by atoms with Crippen LogP contribution in [-0.4, -0.2) is 25.5 Å². The molecular formula is C37H61N2O3S+. The first-order chi connectivity index (χ1) is 21.1. The summed E-state index contributed by atoms with van der Waals surface area (Å²) >= 11 is 2.00. The number of nitrogens with zero attached hydrogens (tertiary/aromatic N) is 1. The SMILES string of the molecule is CCCCCCCCCCCCCCCCCCNC(=O)Oc1cccc2c1c(C)c(OC)c(C1CCS1)[n+]2CCCC. The number of aromatic nitrogens is 1. The van der Waals surface area contributed by atoms with Crippen LogP contribution in [0, 0.1) is 6.92 Å². The first-order valence-corrected chi connectivity index (χ1v) is 18.8. The smallest absolute Gasteiger partial charge is 0.412 e. The van der Waals surface area contributed by atoms with Gasteiger partial charge in [-0.25, -0.2) is 4.79 Å². The maximum atomic E-state index is 12.8. The van der Waals surface area contributed by atoms with Gasteiger partial charge in [0.15, 0.2) is 5.75 Å². The predicted octanol–water partition coefficient (Wildman–Crippen LogP) is 10.8. The number of pyridine rings is 1. The molecule has 1 N–H and O–H groups in total. The number of hydrogen-bond acceptors (Lipinski definition) is 4. The molecule has 1 amide bonds. The number of thioether (sulfide) groups is 1. The van der Waals surface area contributed by atoms with Crippen molar-refractivity contribution in [2.75, 3.05) is 19.4 Å². The van der Waals surface area contributed by atoms with Gasteiger partial charge in [-0.2, -0.15) is 4.57 Å². The van der Waals surface area contributed by atoms with Crippen molar-refractivity contribution in [2.45, 2.75) is 155 Å². The number of ether oxygens (including phenoxy) is 2. The van der Waals surface area contributed by atoms with Crippen molar-refractivity contribution in [1.82, 2.24) is 5.32 Å². The summed E-state index contributed by atoms with van der Waals surface area (Å²) in [5.41, 5.74) is 3.45.